The number of hydrogen-bond acceptors (Lipinski definition) is 2. The van der Waals surface area contributed by atoms with Gasteiger partial charge in [-0.15, -0.1) is 0 Å². The molecule has 15 rings (SSSR count). The fourth-order valence-corrected chi connectivity index (χ4v) is 12.8. The number of aryl methyl sites for hydroxylation is 3. The maximum Gasteiger partial charge on any atom is 0.248 e. The van der Waals surface area contributed by atoms with Gasteiger partial charge in [-0.1, -0.05) is 156 Å². The van der Waals surface area contributed by atoms with Crippen molar-refractivity contribution >= 4 is 122 Å². The number of aromatic nitrogens is 2. The fourth-order valence-electron chi connectivity index (χ4n) is 12.8. The third kappa shape index (κ3) is 5.43. The van der Waals surface area contributed by atoms with Crippen molar-refractivity contribution in [3.05, 3.63) is 235 Å². The largest absolute Gasteiger partial charge is 0.309 e. The number of rotatable bonds is 4. The van der Waals surface area contributed by atoms with Gasteiger partial charge < -0.3 is 18.9 Å². The van der Waals surface area contributed by atoms with Crippen LogP contribution in [0.4, 0.5) is 34.1 Å². The zero-order chi connectivity index (χ0) is 46.4. The minimum Gasteiger partial charge on any atom is -0.309 e. The molecular weight excluding hydrogens is 848 g/mol. The smallest absolute Gasteiger partial charge is 0.248 e. The molecule has 4 nitrogen and oxygen atoms in total. The second-order valence-electron chi connectivity index (χ2n) is 19.5. The highest BCUT2D eigenvalue weighted by Crippen LogP contribution is 2.57. The zero-order valence-electron chi connectivity index (χ0n) is 39.2. The standard InChI is InChI=1S/C65H45BN4/c1-40-34-41(2)63(42(3)35-40)66-54-39-48(69-57-26-14-10-22-52(57)53-23-11-15-27-58(53)69)32-33-59(54)70-61-37-44-17-5-4-16-43(44)36-60(61)68(62-38-45-18-6-7-19-49(45)64(66)65(62)70)47-30-28-46(29-31-47)67-55-24-12-8-20-50(55)51-21-9-13-25-56(51)67/h4-39H,1-3H3. The van der Waals surface area contributed by atoms with Gasteiger partial charge in [0.25, 0.3) is 0 Å². The lowest BCUT2D eigenvalue weighted by Crippen LogP contribution is -2.59. The Balaban J connectivity index is 1.03. The Morgan fingerprint density at radius 3 is 1.30 bits per heavy atom. The lowest BCUT2D eigenvalue weighted by Gasteiger charge is -2.46. The minimum atomic E-state index is -0.0683. The predicted octanol–water partition coefficient (Wildman–Crippen LogP) is 15.2. The van der Waals surface area contributed by atoms with Crippen LogP contribution in [-0.4, -0.2) is 15.8 Å². The molecule has 0 aliphatic carbocycles. The zero-order valence-corrected chi connectivity index (χ0v) is 39.2. The summed E-state index contributed by atoms with van der Waals surface area (Å²) in [7, 11) is 0. The summed E-state index contributed by atoms with van der Waals surface area (Å²) in [6.07, 6.45) is 0. The van der Waals surface area contributed by atoms with E-state index in [1.54, 1.807) is 0 Å². The van der Waals surface area contributed by atoms with Crippen molar-refractivity contribution in [3.8, 4) is 11.4 Å². The molecule has 0 saturated carbocycles. The quantitative estimate of drug-likeness (QED) is 0.164. The summed E-state index contributed by atoms with van der Waals surface area (Å²) in [6, 6.07) is 81.8. The van der Waals surface area contributed by atoms with Gasteiger partial charge in [-0.2, -0.15) is 0 Å². The van der Waals surface area contributed by atoms with Crippen LogP contribution >= 0.6 is 0 Å². The van der Waals surface area contributed by atoms with Crippen LogP contribution < -0.4 is 26.2 Å². The number of benzene rings is 11. The topological polar surface area (TPSA) is 16.3 Å². The first kappa shape index (κ1) is 39.2. The Morgan fingerprint density at radius 2 is 0.743 bits per heavy atom. The second kappa shape index (κ2) is 14.6. The Hall–Kier alpha value is -8.80. The van der Waals surface area contributed by atoms with Crippen LogP contribution in [0.15, 0.2) is 218 Å². The highest BCUT2D eigenvalue weighted by Gasteiger charge is 2.44. The van der Waals surface area contributed by atoms with E-state index in [9.17, 15) is 0 Å². The average Bonchev–Trinajstić information content (AvgIpc) is 3.92. The lowest BCUT2D eigenvalue weighted by molar-refractivity contribution is 1.15. The summed E-state index contributed by atoms with van der Waals surface area (Å²) in [5.74, 6) is 0. The molecule has 2 aliphatic rings. The molecule has 0 amide bonds. The van der Waals surface area contributed by atoms with Gasteiger partial charge in [-0.3, -0.25) is 0 Å². The predicted molar refractivity (Wildman–Crippen MR) is 298 cm³/mol. The van der Waals surface area contributed by atoms with Gasteiger partial charge in [0, 0.05) is 44.3 Å². The molecule has 0 fully saturated rings. The van der Waals surface area contributed by atoms with Crippen molar-refractivity contribution in [2.24, 2.45) is 0 Å². The molecule has 0 bridgehead atoms. The third-order valence-electron chi connectivity index (χ3n) is 15.5. The number of hydrogen-bond donors (Lipinski definition) is 0. The van der Waals surface area contributed by atoms with Gasteiger partial charge in [-0.05, 0) is 138 Å². The first-order valence-corrected chi connectivity index (χ1v) is 24.5. The first-order chi connectivity index (χ1) is 34.5. The van der Waals surface area contributed by atoms with Crippen molar-refractivity contribution in [1.29, 1.82) is 0 Å². The van der Waals surface area contributed by atoms with Crippen molar-refractivity contribution in [3.63, 3.8) is 0 Å². The van der Waals surface area contributed by atoms with E-state index in [0.29, 0.717) is 0 Å². The Labute approximate surface area is 406 Å². The van der Waals surface area contributed by atoms with Gasteiger partial charge >= 0.3 is 0 Å². The molecule has 2 aromatic heterocycles. The molecule has 70 heavy (non-hydrogen) atoms. The van der Waals surface area contributed by atoms with E-state index in [1.807, 2.05) is 0 Å². The molecule has 0 saturated heterocycles. The van der Waals surface area contributed by atoms with Crippen LogP contribution in [0.3, 0.4) is 0 Å². The SMILES string of the molecule is Cc1cc(C)c(B2c3cc(-n4c5ccccc5c5ccccc54)ccc3N3c4cc5ccccc5cc4N(c4ccc(-n5c6ccccc6c6ccccc65)cc4)c4cc5ccccc5c2c43)c(C)c1. The van der Waals surface area contributed by atoms with Gasteiger partial charge in [0.05, 0.1) is 44.8 Å². The monoisotopic (exact) mass is 892 g/mol. The Kier molecular flexibility index (Phi) is 8.18. The molecule has 4 heterocycles. The van der Waals surface area contributed by atoms with Crippen molar-refractivity contribution in [1.82, 2.24) is 9.13 Å². The summed E-state index contributed by atoms with van der Waals surface area (Å²) >= 11 is 0. The Morgan fingerprint density at radius 1 is 0.314 bits per heavy atom. The van der Waals surface area contributed by atoms with E-state index in [1.165, 1.54) is 115 Å². The summed E-state index contributed by atoms with van der Waals surface area (Å²) in [6.45, 7) is 6.80. The molecule has 13 aromatic rings. The Bertz CT molecular complexity index is 4240. The normalized spacial score (nSPS) is 13.0. The summed E-state index contributed by atoms with van der Waals surface area (Å²) in [5, 5.41) is 9.97. The molecule has 0 atom stereocenters. The van der Waals surface area contributed by atoms with E-state index in [4.69, 9.17) is 0 Å². The molecule has 0 radical (unpaired) electrons. The number of anilines is 6. The minimum absolute atomic E-state index is 0.0683. The number of nitrogens with zero attached hydrogens (tertiary/aromatic N) is 4. The van der Waals surface area contributed by atoms with Crippen molar-refractivity contribution < 1.29 is 0 Å². The molecule has 11 aromatic carbocycles. The highest BCUT2D eigenvalue weighted by molar-refractivity contribution is 7.00. The molecule has 0 spiro atoms. The summed E-state index contributed by atoms with van der Waals surface area (Å²) in [4.78, 5) is 5.16. The van der Waals surface area contributed by atoms with Crippen molar-refractivity contribution in [2.75, 3.05) is 9.80 Å². The van der Waals surface area contributed by atoms with E-state index in [-0.39, 0.29) is 6.71 Å². The summed E-state index contributed by atoms with van der Waals surface area (Å²) in [5.41, 5.74) is 22.1. The lowest BCUT2D eigenvalue weighted by atomic mass is 9.33. The number of para-hydroxylation sites is 4. The van der Waals surface area contributed by atoms with Gasteiger partial charge in [0.2, 0.25) is 6.71 Å². The van der Waals surface area contributed by atoms with E-state index < -0.39 is 0 Å². The maximum absolute atomic E-state index is 2.61. The van der Waals surface area contributed by atoms with E-state index in [2.05, 4.69) is 258 Å². The van der Waals surface area contributed by atoms with Crippen molar-refractivity contribution in [2.45, 2.75) is 20.8 Å². The third-order valence-corrected chi connectivity index (χ3v) is 15.5. The molecule has 328 valence electrons. The van der Waals surface area contributed by atoms with E-state index in [0.717, 1.165) is 28.4 Å². The van der Waals surface area contributed by atoms with Crippen LogP contribution in [0.5, 0.6) is 0 Å². The van der Waals surface area contributed by atoms with Crippen LogP contribution in [-0.2, 0) is 0 Å². The van der Waals surface area contributed by atoms with Crippen LogP contribution in [0.25, 0.3) is 76.5 Å². The van der Waals surface area contributed by atoms with Crippen LogP contribution in [0.2, 0.25) is 0 Å². The maximum atomic E-state index is 2.61. The van der Waals surface area contributed by atoms with E-state index >= 15 is 0 Å². The summed E-state index contributed by atoms with van der Waals surface area (Å²) < 4.78 is 4.89. The molecule has 5 heteroatoms. The highest BCUT2D eigenvalue weighted by atomic mass is 15.3. The van der Waals surface area contributed by atoms with Gasteiger partial charge in [-0.25, -0.2) is 0 Å². The van der Waals surface area contributed by atoms with Crippen LogP contribution in [0.1, 0.15) is 16.7 Å². The first-order valence-electron chi connectivity index (χ1n) is 24.5. The number of fused-ring (bicyclic) bond motifs is 13. The fraction of sp³-hybridized carbons (Fsp3) is 0.0462. The second-order valence-corrected chi connectivity index (χ2v) is 19.5. The van der Waals surface area contributed by atoms with Gasteiger partial charge in [0.1, 0.15) is 0 Å². The van der Waals surface area contributed by atoms with Gasteiger partial charge in [0.15, 0.2) is 0 Å². The average molecular weight is 893 g/mol. The van der Waals surface area contributed by atoms with Crippen LogP contribution in [0, 0.1) is 20.8 Å². The molecule has 0 unspecified atom stereocenters. The molecule has 2 aliphatic heterocycles. The molecule has 0 N–H and O–H groups in total. The molecular formula is C65H45BN4.